The molecule has 0 unspecified atom stereocenters. The number of para-hydroxylation sites is 2. The van der Waals surface area contributed by atoms with Gasteiger partial charge in [-0.1, -0.05) is 42.5 Å². The largest absolute Gasteiger partial charge is 0.423 e. The van der Waals surface area contributed by atoms with Crippen LogP contribution in [0, 0.1) is 0 Å². The van der Waals surface area contributed by atoms with Crippen LogP contribution in [0.15, 0.2) is 109 Å². The Bertz CT molecular complexity index is 1630. The van der Waals surface area contributed by atoms with Crippen molar-refractivity contribution >= 4 is 34.7 Å². The van der Waals surface area contributed by atoms with Crippen LogP contribution < -0.4 is 32.4 Å². The van der Waals surface area contributed by atoms with Crippen LogP contribution in [0.5, 0.6) is 11.5 Å². The van der Waals surface area contributed by atoms with Gasteiger partial charge >= 0.3 is 11.9 Å². The van der Waals surface area contributed by atoms with E-state index in [-0.39, 0.29) is 22.6 Å². The maximum atomic E-state index is 13.0. The molecule has 8 heteroatoms. The van der Waals surface area contributed by atoms with Crippen LogP contribution in [0.25, 0.3) is 22.3 Å². The number of anilines is 4. The fourth-order valence-electron chi connectivity index (χ4n) is 4.25. The predicted molar refractivity (Wildman–Crippen MR) is 158 cm³/mol. The zero-order valence-electron chi connectivity index (χ0n) is 21.3. The second kappa shape index (κ2) is 10.9. The van der Waals surface area contributed by atoms with E-state index in [1.54, 1.807) is 66.7 Å². The van der Waals surface area contributed by atoms with Gasteiger partial charge < -0.3 is 32.4 Å². The van der Waals surface area contributed by atoms with Gasteiger partial charge in [0.2, 0.25) is 0 Å². The smallest absolute Gasteiger partial charge is 0.343 e. The van der Waals surface area contributed by atoms with Crippen molar-refractivity contribution in [3.05, 3.63) is 120 Å². The highest BCUT2D eigenvalue weighted by Crippen LogP contribution is 2.35. The van der Waals surface area contributed by atoms with Gasteiger partial charge in [0.1, 0.15) is 11.5 Å². The van der Waals surface area contributed by atoms with Crippen molar-refractivity contribution in [2.75, 3.05) is 22.9 Å². The Morgan fingerprint density at radius 3 is 1.25 bits per heavy atom. The van der Waals surface area contributed by atoms with E-state index in [9.17, 15) is 9.59 Å². The minimum Gasteiger partial charge on any atom is -0.423 e. The molecule has 0 aliphatic carbocycles. The van der Waals surface area contributed by atoms with Crippen LogP contribution in [0.1, 0.15) is 20.7 Å². The number of carbonyl (C=O) groups excluding carboxylic acids is 2. The van der Waals surface area contributed by atoms with Gasteiger partial charge in [0.05, 0.1) is 11.1 Å². The van der Waals surface area contributed by atoms with E-state index < -0.39 is 11.9 Å². The molecule has 198 valence electrons. The third kappa shape index (κ3) is 5.41. The number of esters is 2. The molecule has 0 aliphatic heterocycles. The van der Waals surface area contributed by atoms with E-state index in [1.807, 2.05) is 36.4 Å². The lowest BCUT2D eigenvalue weighted by atomic mass is 10.0. The van der Waals surface area contributed by atoms with Crippen LogP contribution in [0.4, 0.5) is 22.7 Å². The molecule has 0 saturated carbocycles. The van der Waals surface area contributed by atoms with Gasteiger partial charge in [0, 0.05) is 45.0 Å². The maximum Gasteiger partial charge on any atom is 0.343 e. The maximum absolute atomic E-state index is 13.0. The lowest BCUT2D eigenvalue weighted by Gasteiger charge is -2.12. The molecule has 8 N–H and O–H groups in total. The zero-order chi connectivity index (χ0) is 28.2. The molecule has 0 amide bonds. The quantitative estimate of drug-likeness (QED) is 0.122. The number of nitrogen functional groups attached to an aromatic ring is 4. The molecule has 0 saturated heterocycles. The summed E-state index contributed by atoms with van der Waals surface area (Å²) in [5.74, 6) is -0.749. The molecule has 0 heterocycles. The first-order valence-corrected chi connectivity index (χ1v) is 12.3. The first kappa shape index (κ1) is 25.9. The minimum atomic E-state index is -0.652. The summed E-state index contributed by atoms with van der Waals surface area (Å²) in [5.41, 5.74) is 29.6. The second-order valence-electron chi connectivity index (χ2n) is 9.03. The summed E-state index contributed by atoms with van der Waals surface area (Å²) in [5, 5.41) is 0. The van der Waals surface area contributed by atoms with Crippen LogP contribution in [-0.2, 0) is 0 Å². The van der Waals surface area contributed by atoms with E-state index in [0.717, 1.165) is 11.1 Å². The molecule has 0 atom stereocenters. The molecule has 0 fully saturated rings. The van der Waals surface area contributed by atoms with Gasteiger partial charge in [-0.25, -0.2) is 9.59 Å². The second-order valence-corrected chi connectivity index (χ2v) is 9.03. The summed E-state index contributed by atoms with van der Waals surface area (Å²) in [6.45, 7) is 0. The van der Waals surface area contributed by atoms with Crippen molar-refractivity contribution in [3.63, 3.8) is 0 Å². The highest BCUT2D eigenvalue weighted by Gasteiger charge is 2.16. The summed E-state index contributed by atoms with van der Waals surface area (Å²) >= 11 is 0. The van der Waals surface area contributed by atoms with Crippen LogP contribution in [-0.4, -0.2) is 11.9 Å². The SMILES string of the molecule is Nc1ccccc1-c1cc(OC(=O)c2cccc(C(=O)Oc3ccc(N)c(-c4ccccc4N)c3)c2)ccc1N. The summed E-state index contributed by atoms with van der Waals surface area (Å²) in [7, 11) is 0. The van der Waals surface area contributed by atoms with Crippen molar-refractivity contribution in [2.45, 2.75) is 0 Å². The number of benzene rings is 5. The molecule has 5 aromatic rings. The van der Waals surface area contributed by atoms with Crippen molar-refractivity contribution < 1.29 is 19.1 Å². The zero-order valence-corrected chi connectivity index (χ0v) is 21.3. The van der Waals surface area contributed by atoms with Gasteiger partial charge in [-0.05, 0) is 66.7 Å². The van der Waals surface area contributed by atoms with Gasteiger partial charge in [-0.2, -0.15) is 0 Å². The van der Waals surface area contributed by atoms with Crippen molar-refractivity contribution in [1.29, 1.82) is 0 Å². The third-order valence-electron chi connectivity index (χ3n) is 6.31. The fraction of sp³-hybridized carbons (Fsp3) is 0. The summed E-state index contributed by atoms with van der Waals surface area (Å²) in [6.07, 6.45) is 0. The Labute approximate surface area is 230 Å². The molecule has 0 aromatic heterocycles. The monoisotopic (exact) mass is 530 g/mol. The molecule has 0 spiro atoms. The molecule has 0 radical (unpaired) electrons. The van der Waals surface area contributed by atoms with Gasteiger partial charge in [0.25, 0.3) is 0 Å². The highest BCUT2D eigenvalue weighted by molar-refractivity contribution is 5.97. The van der Waals surface area contributed by atoms with E-state index in [2.05, 4.69) is 0 Å². The van der Waals surface area contributed by atoms with E-state index in [1.165, 1.54) is 6.07 Å². The number of hydrogen-bond donors (Lipinski definition) is 4. The van der Waals surface area contributed by atoms with Crippen molar-refractivity contribution in [2.24, 2.45) is 0 Å². The van der Waals surface area contributed by atoms with Crippen molar-refractivity contribution in [1.82, 2.24) is 0 Å². The Kier molecular flexibility index (Phi) is 7.07. The lowest BCUT2D eigenvalue weighted by Crippen LogP contribution is -2.13. The minimum absolute atomic E-state index is 0.169. The lowest BCUT2D eigenvalue weighted by molar-refractivity contribution is 0.0734. The summed E-state index contributed by atoms with van der Waals surface area (Å²) in [4.78, 5) is 25.9. The summed E-state index contributed by atoms with van der Waals surface area (Å²) in [6, 6.07) is 30.4. The normalized spacial score (nSPS) is 10.6. The number of nitrogens with two attached hydrogens (primary N) is 4. The fourth-order valence-corrected chi connectivity index (χ4v) is 4.25. The first-order valence-electron chi connectivity index (χ1n) is 12.3. The van der Waals surface area contributed by atoms with Crippen molar-refractivity contribution in [3.8, 4) is 33.8 Å². The average molecular weight is 531 g/mol. The first-order chi connectivity index (χ1) is 19.3. The number of rotatable bonds is 6. The summed E-state index contributed by atoms with van der Waals surface area (Å²) < 4.78 is 11.2. The number of hydrogen-bond acceptors (Lipinski definition) is 8. The Morgan fingerprint density at radius 1 is 0.425 bits per heavy atom. The molecule has 5 rings (SSSR count). The Hall–Kier alpha value is -5.76. The third-order valence-corrected chi connectivity index (χ3v) is 6.31. The molecule has 5 aromatic carbocycles. The molecule has 8 nitrogen and oxygen atoms in total. The van der Waals surface area contributed by atoms with E-state index in [0.29, 0.717) is 33.9 Å². The van der Waals surface area contributed by atoms with E-state index >= 15 is 0 Å². The van der Waals surface area contributed by atoms with Gasteiger partial charge in [-0.3, -0.25) is 0 Å². The van der Waals surface area contributed by atoms with E-state index in [4.69, 9.17) is 32.4 Å². The molecule has 0 bridgehead atoms. The average Bonchev–Trinajstić information content (AvgIpc) is 2.96. The number of ether oxygens (including phenoxy) is 2. The predicted octanol–water partition coefficient (Wildman–Crippen LogP) is 5.79. The molecular formula is C32H26N4O4. The number of carbonyl (C=O) groups is 2. The standard InChI is InChI=1S/C32H26N4O4/c33-27-10-3-1-8-23(27)25-17-21(12-14-29(25)35)39-31(37)19-6-5-7-20(16-19)32(38)40-22-13-15-30(36)26(18-22)24-9-2-4-11-28(24)34/h1-18H,33-36H2. The van der Waals surface area contributed by atoms with Crippen LogP contribution in [0.2, 0.25) is 0 Å². The Balaban J connectivity index is 1.34. The molecular weight excluding hydrogens is 504 g/mol. The Morgan fingerprint density at radius 2 is 0.825 bits per heavy atom. The topological polar surface area (TPSA) is 157 Å². The van der Waals surface area contributed by atoms with Crippen LogP contribution >= 0.6 is 0 Å². The van der Waals surface area contributed by atoms with Gasteiger partial charge in [0.15, 0.2) is 0 Å². The molecule has 40 heavy (non-hydrogen) atoms. The molecule has 0 aliphatic rings. The van der Waals surface area contributed by atoms with Crippen LogP contribution in [0.3, 0.4) is 0 Å². The highest BCUT2D eigenvalue weighted by atomic mass is 16.5. The van der Waals surface area contributed by atoms with Gasteiger partial charge in [-0.15, -0.1) is 0 Å².